The van der Waals surface area contributed by atoms with E-state index >= 15 is 0 Å². The van der Waals surface area contributed by atoms with Crippen LogP contribution in [0.4, 0.5) is 0 Å². The number of carboxylic acid groups (broad SMARTS) is 1. The van der Waals surface area contributed by atoms with Gasteiger partial charge >= 0.3 is 5.97 Å². The van der Waals surface area contributed by atoms with E-state index in [-0.39, 0.29) is 12.3 Å². The molecule has 1 atom stereocenters. The molecule has 0 saturated carbocycles. The van der Waals surface area contributed by atoms with E-state index in [9.17, 15) is 4.79 Å². The minimum Gasteiger partial charge on any atom is -0.481 e. The number of pyridine rings is 1. The minimum absolute atomic E-state index is 0.0338. The van der Waals surface area contributed by atoms with Crippen molar-refractivity contribution in [1.82, 2.24) is 9.38 Å². The van der Waals surface area contributed by atoms with Crippen molar-refractivity contribution in [2.24, 2.45) is 0 Å². The van der Waals surface area contributed by atoms with Crippen molar-refractivity contribution in [1.29, 1.82) is 0 Å². The number of nitrogens with zero attached hydrogens (tertiary/aromatic N) is 2. The number of hydrogen-bond acceptors (Lipinski definition) is 2. The van der Waals surface area contributed by atoms with Crippen LogP contribution in [0.3, 0.4) is 0 Å². The maximum atomic E-state index is 10.6. The molecule has 5 heteroatoms. The number of carbonyl (C=O) groups is 1. The van der Waals surface area contributed by atoms with Crippen molar-refractivity contribution in [2.45, 2.75) is 19.3 Å². The van der Waals surface area contributed by atoms with Crippen LogP contribution in [0.5, 0.6) is 0 Å². The molecule has 0 aliphatic rings. The Balaban J connectivity index is 2.38. The first-order valence-corrected chi connectivity index (χ1v) is 5.29. The third kappa shape index (κ3) is 2.02. The van der Waals surface area contributed by atoms with Gasteiger partial charge in [-0.2, -0.15) is 0 Å². The predicted molar refractivity (Wildman–Crippen MR) is 60.9 cm³/mol. The predicted octanol–water partition coefficient (Wildman–Crippen LogP) is 2.57. The van der Waals surface area contributed by atoms with Crippen LogP contribution >= 0.6 is 11.6 Å². The summed E-state index contributed by atoms with van der Waals surface area (Å²) >= 11 is 5.91. The second-order valence-corrected chi connectivity index (χ2v) is 4.14. The molecule has 0 aliphatic heterocycles. The fourth-order valence-corrected chi connectivity index (χ4v) is 1.86. The van der Waals surface area contributed by atoms with E-state index in [4.69, 9.17) is 16.7 Å². The molecule has 4 nitrogen and oxygen atoms in total. The van der Waals surface area contributed by atoms with Gasteiger partial charge in [-0.05, 0) is 23.6 Å². The largest absolute Gasteiger partial charge is 0.481 e. The van der Waals surface area contributed by atoms with Crippen molar-refractivity contribution in [3.05, 3.63) is 35.4 Å². The Morgan fingerprint density at radius 1 is 1.69 bits per heavy atom. The van der Waals surface area contributed by atoms with Crippen LogP contribution in [-0.4, -0.2) is 20.5 Å². The van der Waals surface area contributed by atoms with Crippen LogP contribution in [0.2, 0.25) is 5.15 Å². The highest BCUT2D eigenvalue weighted by Crippen LogP contribution is 2.23. The standard InChI is InChI=1S/C11H11ClN2O2/c1-7(4-10(15)16)8-2-3-14-6-13-11(12)9(14)5-8/h2-3,5-7H,4H2,1H3,(H,15,16). The lowest BCUT2D eigenvalue weighted by atomic mass is 9.99. The summed E-state index contributed by atoms with van der Waals surface area (Å²) in [5.41, 5.74) is 1.76. The molecule has 1 unspecified atom stereocenters. The normalized spacial score (nSPS) is 12.9. The van der Waals surface area contributed by atoms with Gasteiger partial charge in [-0.3, -0.25) is 4.79 Å². The summed E-state index contributed by atoms with van der Waals surface area (Å²) in [4.78, 5) is 14.6. The lowest BCUT2D eigenvalue weighted by Crippen LogP contribution is -2.03. The molecule has 0 aliphatic carbocycles. The van der Waals surface area contributed by atoms with E-state index in [1.54, 1.807) is 10.7 Å². The zero-order valence-electron chi connectivity index (χ0n) is 8.72. The van der Waals surface area contributed by atoms with Gasteiger partial charge in [0.2, 0.25) is 0 Å². The first-order valence-electron chi connectivity index (χ1n) is 4.92. The smallest absolute Gasteiger partial charge is 0.303 e. The van der Waals surface area contributed by atoms with Crippen molar-refractivity contribution in [3.8, 4) is 0 Å². The molecule has 1 N–H and O–H groups in total. The molecule has 84 valence electrons. The summed E-state index contributed by atoms with van der Waals surface area (Å²) in [5, 5.41) is 9.16. The van der Waals surface area contributed by atoms with Crippen LogP contribution in [0.1, 0.15) is 24.8 Å². The summed E-state index contributed by atoms with van der Waals surface area (Å²) < 4.78 is 1.80. The summed E-state index contributed by atoms with van der Waals surface area (Å²) in [6.45, 7) is 1.88. The van der Waals surface area contributed by atoms with E-state index < -0.39 is 5.97 Å². The van der Waals surface area contributed by atoms with Crippen LogP contribution in [0, 0.1) is 0 Å². The summed E-state index contributed by atoms with van der Waals surface area (Å²) in [6.07, 6.45) is 3.58. The molecule has 0 radical (unpaired) electrons. The fraction of sp³-hybridized carbons (Fsp3) is 0.273. The third-order valence-electron chi connectivity index (χ3n) is 2.57. The highest BCUT2D eigenvalue weighted by atomic mass is 35.5. The number of rotatable bonds is 3. The maximum absolute atomic E-state index is 10.6. The Labute approximate surface area is 97.5 Å². The monoisotopic (exact) mass is 238 g/mol. The average molecular weight is 239 g/mol. The van der Waals surface area contributed by atoms with Gasteiger partial charge in [-0.15, -0.1) is 0 Å². The number of hydrogen-bond donors (Lipinski definition) is 1. The van der Waals surface area contributed by atoms with Gasteiger partial charge in [0.05, 0.1) is 11.9 Å². The van der Waals surface area contributed by atoms with Crippen LogP contribution in [0.15, 0.2) is 24.7 Å². The highest BCUT2D eigenvalue weighted by Gasteiger charge is 2.11. The molecule has 2 aromatic heterocycles. The number of imidazole rings is 1. The average Bonchev–Trinajstić information content (AvgIpc) is 2.59. The number of aliphatic carboxylic acids is 1. The fourth-order valence-electron chi connectivity index (χ4n) is 1.66. The third-order valence-corrected chi connectivity index (χ3v) is 2.86. The van der Waals surface area contributed by atoms with Gasteiger partial charge < -0.3 is 9.51 Å². The van der Waals surface area contributed by atoms with Crippen LogP contribution < -0.4 is 0 Å². The van der Waals surface area contributed by atoms with Gasteiger partial charge in [-0.25, -0.2) is 4.98 Å². The van der Waals surface area contributed by atoms with Gasteiger partial charge in [0.15, 0.2) is 5.15 Å². The molecule has 16 heavy (non-hydrogen) atoms. The van der Waals surface area contributed by atoms with Gasteiger partial charge in [-0.1, -0.05) is 18.5 Å². The first-order chi connectivity index (χ1) is 7.58. The van der Waals surface area contributed by atoms with Gasteiger partial charge in [0.25, 0.3) is 0 Å². The van der Waals surface area contributed by atoms with E-state index in [0.29, 0.717) is 5.15 Å². The lowest BCUT2D eigenvalue weighted by molar-refractivity contribution is -0.137. The summed E-state index contributed by atoms with van der Waals surface area (Å²) in [7, 11) is 0. The number of halogens is 1. The Morgan fingerprint density at radius 3 is 3.12 bits per heavy atom. The molecule has 0 bridgehead atoms. The quantitative estimate of drug-likeness (QED) is 0.894. The van der Waals surface area contributed by atoms with Crippen molar-refractivity contribution < 1.29 is 9.90 Å². The molecular weight excluding hydrogens is 228 g/mol. The minimum atomic E-state index is -0.799. The molecular formula is C11H11ClN2O2. The molecule has 0 spiro atoms. The van der Waals surface area contributed by atoms with E-state index in [1.165, 1.54) is 0 Å². The van der Waals surface area contributed by atoms with Gasteiger partial charge in [0.1, 0.15) is 6.33 Å². The molecule has 0 fully saturated rings. The number of aromatic nitrogens is 2. The SMILES string of the molecule is CC(CC(=O)O)c1ccn2cnc(Cl)c2c1. The second kappa shape index (κ2) is 4.14. The van der Waals surface area contributed by atoms with E-state index in [0.717, 1.165) is 11.1 Å². The first kappa shape index (κ1) is 11.0. The van der Waals surface area contributed by atoms with E-state index in [1.807, 2.05) is 25.3 Å². The van der Waals surface area contributed by atoms with Crippen molar-refractivity contribution >= 4 is 23.1 Å². The molecule has 2 heterocycles. The maximum Gasteiger partial charge on any atom is 0.303 e. The lowest BCUT2D eigenvalue weighted by Gasteiger charge is -2.09. The molecule has 2 rings (SSSR count). The molecule has 0 aromatic carbocycles. The highest BCUT2D eigenvalue weighted by molar-refractivity contribution is 6.32. The zero-order chi connectivity index (χ0) is 11.7. The van der Waals surface area contributed by atoms with Crippen molar-refractivity contribution in [3.63, 3.8) is 0 Å². The topological polar surface area (TPSA) is 54.6 Å². The summed E-state index contributed by atoms with van der Waals surface area (Å²) in [5.74, 6) is -0.833. The Kier molecular flexibility index (Phi) is 2.83. The Hall–Kier alpha value is -1.55. The van der Waals surface area contributed by atoms with Gasteiger partial charge in [0, 0.05) is 6.20 Å². The number of fused-ring (bicyclic) bond motifs is 1. The van der Waals surface area contributed by atoms with Crippen molar-refractivity contribution in [2.75, 3.05) is 0 Å². The molecule has 0 amide bonds. The van der Waals surface area contributed by atoms with Crippen LogP contribution in [0.25, 0.3) is 5.52 Å². The second-order valence-electron chi connectivity index (χ2n) is 3.79. The van der Waals surface area contributed by atoms with E-state index in [2.05, 4.69) is 4.98 Å². The Morgan fingerprint density at radius 2 is 2.44 bits per heavy atom. The van der Waals surface area contributed by atoms with Crippen LogP contribution in [-0.2, 0) is 4.79 Å². The Bertz CT molecular complexity index is 536. The summed E-state index contributed by atoms with van der Waals surface area (Å²) in [6, 6.07) is 3.77. The number of carboxylic acids is 1. The molecule has 0 saturated heterocycles. The molecule has 2 aromatic rings. The zero-order valence-corrected chi connectivity index (χ0v) is 9.48.